The van der Waals surface area contributed by atoms with Crippen LogP contribution in [0.3, 0.4) is 0 Å². The summed E-state index contributed by atoms with van der Waals surface area (Å²) in [6.45, 7) is 2.55. The van der Waals surface area contributed by atoms with Crippen molar-refractivity contribution in [2.45, 2.75) is 25.4 Å². The first kappa shape index (κ1) is 15.0. The highest BCUT2D eigenvalue weighted by Crippen LogP contribution is 2.29. The number of hydrogen-bond acceptors (Lipinski definition) is 5. The summed E-state index contributed by atoms with van der Waals surface area (Å²) in [7, 11) is 3.31. The van der Waals surface area contributed by atoms with Gasteiger partial charge in [0.25, 0.3) is 0 Å². The predicted octanol–water partition coefficient (Wildman–Crippen LogP) is 0.729. The molecule has 112 valence electrons. The summed E-state index contributed by atoms with van der Waals surface area (Å²) in [4.78, 5) is 17.6. The maximum Gasteiger partial charge on any atom is 0.306 e. The lowest BCUT2D eigenvalue weighted by Crippen LogP contribution is -2.37. The second kappa shape index (κ2) is 6.85. The number of rotatable bonds is 5. The van der Waals surface area contributed by atoms with Gasteiger partial charge in [0, 0.05) is 26.0 Å². The molecule has 1 atom stereocenters. The van der Waals surface area contributed by atoms with E-state index in [4.69, 9.17) is 0 Å². The van der Waals surface area contributed by atoms with E-state index in [1.54, 1.807) is 6.20 Å². The summed E-state index contributed by atoms with van der Waals surface area (Å²) in [6.07, 6.45) is 5.35. The van der Waals surface area contributed by atoms with Gasteiger partial charge in [-0.15, -0.1) is 0 Å². The quantitative estimate of drug-likeness (QED) is 0.806. The Labute approximate surface area is 119 Å². The Balaban J connectivity index is 1.79. The number of aliphatic hydroxyl groups excluding tert-OH is 1. The molecule has 1 aromatic rings. The average molecular weight is 281 g/mol. The summed E-state index contributed by atoms with van der Waals surface area (Å²) in [5.74, 6) is 0.809. The van der Waals surface area contributed by atoms with E-state index in [0.717, 1.165) is 38.3 Å². The summed E-state index contributed by atoms with van der Waals surface area (Å²) in [5.41, 5.74) is 0. The number of aromatic nitrogens is 2. The molecule has 1 fully saturated rings. The van der Waals surface area contributed by atoms with Crippen LogP contribution in [0.25, 0.3) is 0 Å². The van der Waals surface area contributed by atoms with E-state index in [9.17, 15) is 9.90 Å². The van der Waals surface area contributed by atoms with Gasteiger partial charge in [-0.1, -0.05) is 0 Å². The number of ether oxygens (including phenoxy) is 1. The van der Waals surface area contributed by atoms with Crippen LogP contribution in [-0.4, -0.2) is 52.3 Å². The minimum atomic E-state index is -0.502. The van der Waals surface area contributed by atoms with Crippen molar-refractivity contribution in [3.63, 3.8) is 0 Å². The molecule has 6 heteroatoms. The van der Waals surface area contributed by atoms with Gasteiger partial charge in [0.1, 0.15) is 11.9 Å². The van der Waals surface area contributed by atoms with Crippen molar-refractivity contribution in [3.8, 4) is 0 Å². The van der Waals surface area contributed by atoms with Gasteiger partial charge in [0.05, 0.1) is 13.5 Å². The fourth-order valence-electron chi connectivity index (χ4n) is 2.72. The molecule has 6 nitrogen and oxygen atoms in total. The highest BCUT2D eigenvalue weighted by atomic mass is 16.5. The van der Waals surface area contributed by atoms with Crippen molar-refractivity contribution < 1.29 is 14.6 Å². The summed E-state index contributed by atoms with van der Waals surface area (Å²) >= 11 is 0. The fraction of sp³-hybridized carbons (Fsp3) is 0.714. The van der Waals surface area contributed by atoms with Crippen LogP contribution in [0.5, 0.6) is 0 Å². The molecule has 1 aliphatic heterocycles. The largest absolute Gasteiger partial charge is 0.469 e. The molecule has 0 saturated carbocycles. The first-order valence-corrected chi connectivity index (χ1v) is 7.06. The topological polar surface area (TPSA) is 67.6 Å². The molecule has 0 radical (unpaired) electrons. The van der Waals surface area contributed by atoms with Gasteiger partial charge in [0.15, 0.2) is 0 Å². The Morgan fingerprint density at radius 3 is 2.80 bits per heavy atom. The van der Waals surface area contributed by atoms with Gasteiger partial charge in [-0.05, 0) is 31.8 Å². The van der Waals surface area contributed by atoms with E-state index >= 15 is 0 Å². The van der Waals surface area contributed by atoms with Crippen LogP contribution in [0.2, 0.25) is 0 Å². The molecule has 1 aromatic heterocycles. The maximum absolute atomic E-state index is 11.1. The number of carbonyl (C=O) groups excluding carboxylic acids is 1. The number of piperidine rings is 1. The van der Waals surface area contributed by atoms with Crippen LogP contribution >= 0.6 is 0 Å². The number of aryl methyl sites for hydroxylation is 1. The van der Waals surface area contributed by atoms with Crippen molar-refractivity contribution in [2.24, 2.45) is 13.0 Å². The molecule has 2 heterocycles. The number of hydrogen-bond donors (Lipinski definition) is 1. The molecule has 1 saturated heterocycles. The molecule has 1 unspecified atom stereocenters. The first-order valence-electron chi connectivity index (χ1n) is 7.06. The van der Waals surface area contributed by atoms with Crippen molar-refractivity contribution >= 4 is 5.97 Å². The second-order valence-electron chi connectivity index (χ2n) is 5.35. The molecule has 0 amide bonds. The van der Waals surface area contributed by atoms with Crippen LogP contribution in [0.15, 0.2) is 12.4 Å². The molecule has 1 aliphatic rings. The monoisotopic (exact) mass is 281 g/mol. The van der Waals surface area contributed by atoms with Crippen molar-refractivity contribution in [1.29, 1.82) is 0 Å². The Hall–Kier alpha value is -1.40. The normalized spacial score (nSPS) is 18.9. The lowest BCUT2D eigenvalue weighted by Gasteiger charge is -2.33. The molecular weight excluding hydrogens is 258 g/mol. The van der Waals surface area contributed by atoms with E-state index in [-0.39, 0.29) is 11.9 Å². The highest BCUT2D eigenvalue weighted by molar-refractivity contribution is 5.69. The number of methoxy groups -OCH3 is 1. The zero-order chi connectivity index (χ0) is 14.5. The zero-order valence-electron chi connectivity index (χ0n) is 12.2. The number of esters is 1. The van der Waals surface area contributed by atoms with E-state index in [1.165, 1.54) is 7.11 Å². The third-order valence-corrected chi connectivity index (χ3v) is 4.06. The Kier molecular flexibility index (Phi) is 5.14. The third-order valence-electron chi connectivity index (χ3n) is 4.06. The third kappa shape index (κ3) is 3.58. The number of nitrogens with zero attached hydrogens (tertiary/aromatic N) is 3. The molecular formula is C14H23N3O3. The summed E-state index contributed by atoms with van der Waals surface area (Å²) in [5, 5.41) is 10.4. The van der Waals surface area contributed by atoms with Gasteiger partial charge in [0.2, 0.25) is 0 Å². The van der Waals surface area contributed by atoms with Gasteiger partial charge in [-0.25, -0.2) is 4.98 Å². The molecule has 20 heavy (non-hydrogen) atoms. The SMILES string of the molecule is COC(=O)CCN1CCC(C(O)c2nccn2C)CC1. The number of imidazole rings is 1. The van der Waals surface area contributed by atoms with Gasteiger partial charge in [-0.3, -0.25) is 4.79 Å². The van der Waals surface area contributed by atoms with Gasteiger partial charge < -0.3 is 19.3 Å². The van der Waals surface area contributed by atoms with E-state index in [1.807, 2.05) is 17.8 Å². The van der Waals surface area contributed by atoms with Crippen LogP contribution in [0.1, 0.15) is 31.2 Å². The molecule has 2 rings (SSSR count). The second-order valence-corrected chi connectivity index (χ2v) is 5.35. The number of carbonyl (C=O) groups is 1. The molecule has 0 bridgehead atoms. The smallest absolute Gasteiger partial charge is 0.306 e. The molecule has 1 N–H and O–H groups in total. The molecule has 0 aromatic carbocycles. The van der Waals surface area contributed by atoms with Crippen LogP contribution in [-0.2, 0) is 16.6 Å². The lowest BCUT2D eigenvalue weighted by molar-refractivity contribution is -0.141. The predicted molar refractivity (Wildman–Crippen MR) is 74.0 cm³/mol. The maximum atomic E-state index is 11.1. The minimum absolute atomic E-state index is 0.167. The molecule has 0 aliphatic carbocycles. The standard InChI is InChI=1S/C14H23N3O3/c1-16-10-6-15-14(16)13(19)11-3-7-17(8-4-11)9-5-12(18)20-2/h6,10-11,13,19H,3-5,7-9H2,1-2H3. The zero-order valence-corrected chi connectivity index (χ0v) is 12.2. The number of aliphatic hydroxyl groups is 1. The number of likely N-dealkylation sites (tertiary alicyclic amines) is 1. The Morgan fingerprint density at radius 1 is 1.55 bits per heavy atom. The highest BCUT2D eigenvalue weighted by Gasteiger charge is 2.28. The Morgan fingerprint density at radius 2 is 2.25 bits per heavy atom. The first-order chi connectivity index (χ1) is 9.61. The van der Waals surface area contributed by atoms with Crippen LogP contribution in [0, 0.1) is 5.92 Å². The van der Waals surface area contributed by atoms with E-state index in [2.05, 4.69) is 14.6 Å². The summed E-state index contributed by atoms with van der Waals surface area (Å²) < 4.78 is 6.52. The minimum Gasteiger partial charge on any atom is -0.469 e. The van der Waals surface area contributed by atoms with Crippen molar-refractivity contribution in [3.05, 3.63) is 18.2 Å². The van der Waals surface area contributed by atoms with Crippen molar-refractivity contribution in [1.82, 2.24) is 14.5 Å². The average Bonchev–Trinajstić information content (AvgIpc) is 2.90. The molecule has 0 spiro atoms. The van der Waals surface area contributed by atoms with E-state index < -0.39 is 6.10 Å². The van der Waals surface area contributed by atoms with E-state index in [0.29, 0.717) is 6.42 Å². The fourth-order valence-corrected chi connectivity index (χ4v) is 2.72. The van der Waals surface area contributed by atoms with Crippen LogP contribution < -0.4 is 0 Å². The Bertz CT molecular complexity index is 439. The van der Waals surface area contributed by atoms with Crippen molar-refractivity contribution in [2.75, 3.05) is 26.7 Å². The van der Waals surface area contributed by atoms with Gasteiger partial charge in [-0.2, -0.15) is 0 Å². The van der Waals surface area contributed by atoms with Crippen LogP contribution in [0.4, 0.5) is 0 Å². The lowest BCUT2D eigenvalue weighted by atomic mass is 9.90. The van der Waals surface area contributed by atoms with Gasteiger partial charge >= 0.3 is 5.97 Å². The summed E-state index contributed by atoms with van der Waals surface area (Å²) in [6, 6.07) is 0.